The fourth-order valence-electron chi connectivity index (χ4n) is 5.14. The predicted molar refractivity (Wildman–Crippen MR) is 134 cm³/mol. The second-order valence-corrected chi connectivity index (χ2v) is 10.1. The van der Waals surface area contributed by atoms with Crippen molar-refractivity contribution in [3.63, 3.8) is 0 Å². The number of hydrogen-bond acceptors (Lipinski definition) is 4. The van der Waals surface area contributed by atoms with Crippen LogP contribution in [0.4, 0.5) is 13.2 Å². The van der Waals surface area contributed by atoms with Crippen LogP contribution in [0.2, 0.25) is 0 Å². The Balaban J connectivity index is 1.40. The van der Waals surface area contributed by atoms with Gasteiger partial charge in [0.2, 0.25) is 0 Å². The number of carbonyl (C=O) groups excluding carboxylic acids is 1. The van der Waals surface area contributed by atoms with Crippen LogP contribution in [-0.2, 0) is 6.18 Å². The van der Waals surface area contributed by atoms with Gasteiger partial charge in [-0.15, -0.1) is 0 Å². The van der Waals surface area contributed by atoms with E-state index in [-0.39, 0.29) is 12.0 Å². The smallest absolute Gasteiger partial charge is 0.416 e. The van der Waals surface area contributed by atoms with Crippen molar-refractivity contribution in [1.29, 1.82) is 0 Å². The minimum absolute atomic E-state index is 0.0427. The zero-order chi connectivity index (χ0) is 25.7. The highest BCUT2D eigenvalue weighted by molar-refractivity contribution is 5.94. The fourth-order valence-corrected chi connectivity index (χ4v) is 5.14. The molecule has 0 aromatic heterocycles. The lowest BCUT2D eigenvalue weighted by Gasteiger charge is -2.38. The third-order valence-corrected chi connectivity index (χ3v) is 7.27. The minimum atomic E-state index is -4.38. The van der Waals surface area contributed by atoms with Crippen molar-refractivity contribution in [2.24, 2.45) is 0 Å². The summed E-state index contributed by atoms with van der Waals surface area (Å²) >= 11 is 0. The number of hydrogen-bond donors (Lipinski definition) is 0. The first kappa shape index (κ1) is 26.5. The number of ether oxygens (including phenoxy) is 1. The third kappa shape index (κ3) is 6.79. The van der Waals surface area contributed by atoms with Crippen molar-refractivity contribution in [2.45, 2.75) is 50.4 Å². The van der Waals surface area contributed by atoms with Crippen LogP contribution in [0.1, 0.15) is 59.7 Å². The molecule has 2 fully saturated rings. The lowest BCUT2D eigenvalue weighted by Crippen LogP contribution is -2.51. The van der Waals surface area contributed by atoms with Crippen molar-refractivity contribution >= 4 is 5.91 Å². The Bertz CT molecular complexity index is 979. The third-order valence-electron chi connectivity index (χ3n) is 7.27. The van der Waals surface area contributed by atoms with Crippen LogP contribution in [0.5, 0.6) is 5.75 Å². The molecule has 1 atom stereocenters. The van der Waals surface area contributed by atoms with Crippen LogP contribution in [-0.4, -0.2) is 73.5 Å². The maximum absolute atomic E-state index is 13.1. The lowest BCUT2D eigenvalue weighted by atomic mass is 10.0. The maximum Gasteiger partial charge on any atom is 0.416 e. The summed E-state index contributed by atoms with van der Waals surface area (Å²) < 4.78 is 44.8. The van der Waals surface area contributed by atoms with Crippen molar-refractivity contribution in [3.05, 3.63) is 65.2 Å². The summed E-state index contributed by atoms with van der Waals surface area (Å²) in [5, 5.41) is 0. The number of amides is 1. The van der Waals surface area contributed by atoms with Gasteiger partial charge in [-0.1, -0.05) is 25.0 Å². The molecule has 0 radical (unpaired) electrons. The molecule has 1 aliphatic heterocycles. The number of nitrogens with zero attached hydrogens (tertiary/aromatic N) is 3. The van der Waals surface area contributed by atoms with Crippen LogP contribution >= 0.6 is 0 Å². The molecule has 196 valence electrons. The summed E-state index contributed by atoms with van der Waals surface area (Å²) in [6.45, 7) is 4.11. The van der Waals surface area contributed by atoms with Gasteiger partial charge in [0.1, 0.15) is 11.9 Å². The number of alkyl halides is 3. The summed E-state index contributed by atoms with van der Waals surface area (Å²) in [4.78, 5) is 19.6. The lowest BCUT2D eigenvalue weighted by molar-refractivity contribution is -0.137. The standard InChI is InChI=1S/C28H36F3N3O2/c1-32(2)16-15-26(36-25-13-11-23(12-14-25)28(29,30)31)21-7-9-22(10-8-21)27(35)34-19-17-33(18-20-34)24-5-3-4-6-24/h7-14,24,26H,3-6,15-20H2,1-2H3. The van der Waals surface area contributed by atoms with Gasteiger partial charge in [-0.2, -0.15) is 13.2 Å². The van der Waals surface area contributed by atoms with Gasteiger partial charge in [-0.3, -0.25) is 9.69 Å². The van der Waals surface area contributed by atoms with Gasteiger partial charge in [0.15, 0.2) is 0 Å². The first-order valence-corrected chi connectivity index (χ1v) is 12.8. The highest BCUT2D eigenvalue weighted by atomic mass is 19.4. The van der Waals surface area contributed by atoms with Gasteiger partial charge in [-0.25, -0.2) is 0 Å². The predicted octanol–water partition coefficient (Wildman–Crippen LogP) is 5.48. The van der Waals surface area contributed by atoms with Crippen LogP contribution in [0.15, 0.2) is 48.5 Å². The number of carbonyl (C=O) groups is 1. The van der Waals surface area contributed by atoms with Gasteiger partial charge in [0.25, 0.3) is 5.91 Å². The molecule has 8 heteroatoms. The molecule has 1 saturated carbocycles. The molecule has 2 aliphatic rings. The van der Waals surface area contributed by atoms with E-state index in [2.05, 4.69) is 4.90 Å². The maximum atomic E-state index is 13.1. The monoisotopic (exact) mass is 503 g/mol. The molecule has 0 N–H and O–H groups in total. The molecule has 5 nitrogen and oxygen atoms in total. The summed E-state index contributed by atoms with van der Waals surface area (Å²) in [5.74, 6) is 0.424. The average Bonchev–Trinajstić information content (AvgIpc) is 3.41. The molecule has 36 heavy (non-hydrogen) atoms. The number of benzene rings is 2. The van der Waals surface area contributed by atoms with E-state index in [1.54, 1.807) is 0 Å². The summed E-state index contributed by atoms with van der Waals surface area (Å²) in [6.07, 6.45) is 1.11. The second-order valence-electron chi connectivity index (χ2n) is 10.1. The normalized spacial score (nSPS) is 18.6. The zero-order valence-electron chi connectivity index (χ0n) is 21.1. The van der Waals surface area contributed by atoms with Crippen molar-refractivity contribution in [1.82, 2.24) is 14.7 Å². The van der Waals surface area contributed by atoms with Gasteiger partial charge < -0.3 is 14.5 Å². The molecule has 2 aromatic carbocycles. The van der Waals surface area contributed by atoms with Crippen molar-refractivity contribution in [2.75, 3.05) is 46.8 Å². The Morgan fingerprint density at radius 2 is 1.58 bits per heavy atom. The Labute approximate surface area is 211 Å². The summed E-state index contributed by atoms with van der Waals surface area (Å²) in [6, 6.07) is 12.9. The molecule has 1 unspecified atom stereocenters. The number of halogens is 3. The quantitative estimate of drug-likeness (QED) is 0.478. The van der Waals surface area contributed by atoms with Gasteiger partial charge in [0, 0.05) is 50.7 Å². The molecule has 1 saturated heterocycles. The zero-order valence-corrected chi connectivity index (χ0v) is 21.1. The Hall–Kier alpha value is -2.58. The fraction of sp³-hybridized carbons (Fsp3) is 0.536. The highest BCUT2D eigenvalue weighted by Crippen LogP contribution is 2.32. The van der Waals surface area contributed by atoms with E-state index < -0.39 is 11.7 Å². The molecular formula is C28H36F3N3O2. The van der Waals surface area contributed by atoms with E-state index in [4.69, 9.17) is 4.74 Å². The van der Waals surface area contributed by atoms with Crippen LogP contribution in [0.25, 0.3) is 0 Å². The Morgan fingerprint density at radius 1 is 0.972 bits per heavy atom. The highest BCUT2D eigenvalue weighted by Gasteiger charge is 2.30. The number of piperazine rings is 1. The van der Waals surface area contributed by atoms with E-state index >= 15 is 0 Å². The molecule has 2 aromatic rings. The van der Waals surface area contributed by atoms with Gasteiger partial charge in [-0.05, 0) is 68.9 Å². The van der Waals surface area contributed by atoms with Crippen LogP contribution in [0, 0.1) is 0 Å². The van der Waals surface area contributed by atoms with Crippen LogP contribution < -0.4 is 4.74 Å². The number of rotatable bonds is 8. The van der Waals surface area contributed by atoms with Gasteiger partial charge >= 0.3 is 6.18 Å². The van der Waals surface area contributed by atoms with Crippen molar-refractivity contribution < 1.29 is 22.7 Å². The minimum Gasteiger partial charge on any atom is -0.486 e. The summed E-state index contributed by atoms with van der Waals surface area (Å²) in [5.41, 5.74) is 0.833. The molecule has 1 aliphatic carbocycles. The SMILES string of the molecule is CN(C)CCC(Oc1ccc(C(F)(F)F)cc1)c1ccc(C(=O)N2CCN(C3CCCC3)CC2)cc1. The molecule has 1 heterocycles. The molecule has 0 bridgehead atoms. The Kier molecular flexibility index (Phi) is 8.57. The van der Waals surface area contributed by atoms with E-state index in [1.165, 1.54) is 37.8 Å². The van der Waals surface area contributed by atoms with E-state index in [9.17, 15) is 18.0 Å². The molecule has 4 rings (SSSR count). The first-order chi connectivity index (χ1) is 17.2. The first-order valence-electron chi connectivity index (χ1n) is 12.8. The molecule has 0 spiro atoms. The van der Waals surface area contributed by atoms with Crippen LogP contribution in [0.3, 0.4) is 0 Å². The van der Waals surface area contributed by atoms with E-state index in [0.717, 1.165) is 50.4 Å². The Morgan fingerprint density at radius 3 is 2.14 bits per heavy atom. The average molecular weight is 504 g/mol. The van der Waals surface area contributed by atoms with E-state index in [0.29, 0.717) is 23.8 Å². The van der Waals surface area contributed by atoms with Crippen molar-refractivity contribution in [3.8, 4) is 5.75 Å². The molecule has 1 amide bonds. The van der Waals surface area contributed by atoms with E-state index in [1.807, 2.05) is 48.2 Å². The molecular weight excluding hydrogens is 467 g/mol. The second kappa shape index (κ2) is 11.6. The topological polar surface area (TPSA) is 36.0 Å². The largest absolute Gasteiger partial charge is 0.486 e. The summed E-state index contributed by atoms with van der Waals surface area (Å²) in [7, 11) is 3.92. The van der Waals surface area contributed by atoms with Gasteiger partial charge in [0.05, 0.1) is 5.56 Å².